The Balaban J connectivity index is 1.73. The number of hydrogen-bond acceptors (Lipinski definition) is 2. The molecule has 2 rings (SSSR count). The number of ether oxygens (including phenoxy) is 1. The summed E-state index contributed by atoms with van der Waals surface area (Å²) in [6.45, 7) is 1.66. The van der Waals surface area contributed by atoms with E-state index >= 15 is 0 Å². The largest absolute Gasteiger partial charge is 0.381 e. The van der Waals surface area contributed by atoms with Crippen molar-refractivity contribution in [3.05, 3.63) is 0 Å². The van der Waals surface area contributed by atoms with Gasteiger partial charge in [-0.25, -0.2) is 4.79 Å². The average molecular weight is 268 g/mol. The first kappa shape index (κ1) is 14.6. The van der Waals surface area contributed by atoms with Crippen molar-refractivity contribution >= 4 is 6.03 Å². The van der Waals surface area contributed by atoms with Gasteiger partial charge < -0.3 is 15.0 Å². The number of nitrogens with zero attached hydrogens (tertiary/aromatic N) is 1. The highest BCUT2D eigenvalue weighted by atomic mass is 16.5. The first-order valence-electron chi connectivity index (χ1n) is 7.88. The zero-order chi connectivity index (χ0) is 13.5. The number of amides is 2. The summed E-state index contributed by atoms with van der Waals surface area (Å²) in [5.74, 6) is 0. The Morgan fingerprint density at radius 3 is 2.16 bits per heavy atom. The lowest BCUT2D eigenvalue weighted by Crippen LogP contribution is -2.48. The predicted molar refractivity (Wildman–Crippen MR) is 76.2 cm³/mol. The van der Waals surface area contributed by atoms with Gasteiger partial charge in [0, 0.05) is 26.2 Å². The number of carbonyl (C=O) groups excluding carboxylic acids is 1. The fourth-order valence-corrected chi connectivity index (χ4v) is 3.16. The van der Waals surface area contributed by atoms with E-state index in [1.807, 2.05) is 4.90 Å². The Morgan fingerprint density at radius 2 is 1.58 bits per heavy atom. The Morgan fingerprint density at radius 1 is 1.00 bits per heavy atom. The minimum atomic E-state index is 0.139. The molecule has 4 heteroatoms. The molecule has 2 fully saturated rings. The molecule has 1 N–H and O–H groups in total. The van der Waals surface area contributed by atoms with Crippen molar-refractivity contribution in [2.45, 2.75) is 69.9 Å². The van der Waals surface area contributed by atoms with Gasteiger partial charge in [0.05, 0.1) is 6.10 Å². The van der Waals surface area contributed by atoms with Crippen molar-refractivity contribution in [2.24, 2.45) is 0 Å². The van der Waals surface area contributed by atoms with Crippen LogP contribution in [0.3, 0.4) is 0 Å². The molecular weight excluding hydrogens is 240 g/mol. The minimum absolute atomic E-state index is 0.139. The number of nitrogens with one attached hydrogen (secondary N) is 1. The summed E-state index contributed by atoms with van der Waals surface area (Å²) in [7, 11) is 1.76. The maximum absolute atomic E-state index is 12.2. The standard InChI is InChI=1S/C15H28N2O2/c1-19-14-9-11-17(12-10-14)15(18)16-13-7-5-3-2-4-6-8-13/h13-14H,2-12H2,1H3,(H,16,18). The molecule has 0 bridgehead atoms. The van der Waals surface area contributed by atoms with Gasteiger partial charge in [0.25, 0.3) is 0 Å². The maximum atomic E-state index is 12.2. The second-order valence-electron chi connectivity index (χ2n) is 5.91. The van der Waals surface area contributed by atoms with E-state index in [0.29, 0.717) is 12.1 Å². The third-order valence-corrected chi connectivity index (χ3v) is 4.50. The molecule has 0 radical (unpaired) electrons. The normalized spacial score (nSPS) is 23.7. The maximum Gasteiger partial charge on any atom is 0.317 e. The van der Waals surface area contributed by atoms with Crippen molar-refractivity contribution in [2.75, 3.05) is 20.2 Å². The topological polar surface area (TPSA) is 41.6 Å². The average Bonchev–Trinajstić information content (AvgIpc) is 2.41. The lowest BCUT2D eigenvalue weighted by Gasteiger charge is -2.33. The molecule has 0 aromatic rings. The quantitative estimate of drug-likeness (QED) is 0.836. The highest BCUT2D eigenvalue weighted by Gasteiger charge is 2.24. The highest BCUT2D eigenvalue weighted by Crippen LogP contribution is 2.18. The fraction of sp³-hybridized carbons (Fsp3) is 0.933. The molecular formula is C15H28N2O2. The van der Waals surface area contributed by atoms with Crippen LogP contribution in [0.1, 0.15) is 57.8 Å². The Bertz CT molecular complexity index is 267. The molecule has 4 nitrogen and oxygen atoms in total. The van der Waals surface area contributed by atoms with E-state index in [0.717, 1.165) is 38.8 Å². The van der Waals surface area contributed by atoms with Crippen LogP contribution in [0.15, 0.2) is 0 Å². The number of likely N-dealkylation sites (tertiary alicyclic amines) is 1. The number of rotatable bonds is 2. The number of hydrogen-bond donors (Lipinski definition) is 1. The van der Waals surface area contributed by atoms with E-state index in [2.05, 4.69) is 5.32 Å². The van der Waals surface area contributed by atoms with Gasteiger partial charge in [-0.3, -0.25) is 0 Å². The molecule has 2 amide bonds. The Kier molecular flexibility index (Phi) is 5.95. The Hall–Kier alpha value is -0.770. The lowest BCUT2D eigenvalue weighted by molar-refractivity contribution is 0.0498. The Labute approximate surface area is 116 Å². The molecule has 1 aliphatic heterocycles. The van der Waals surface area contributed by atoms with Gasteiger partial charge >= 0.3 is 6.03 Å². The smallest absolute Gasteiger partial charge is 0.317 e. The molecule has 2 aliphatic rings. The van der Waals surface area contributed by atoms with Crippen LogP contribution in [-0.2, 0) is 4.74 Å². The van der Waals surface area contributed by atoms with Gasteiger partial charge in [0.15, 0.2) is 0 Å². The summed E-state index contributed by atoms with van der Waals surface area (Å²) < 4.78 is 5.34. The molecule has 110 valence electrons. The van der Waals surface area contributed by atoms with Crippen molar-refractivity contribution in [1.29, 1.82) is 0 Å². The second kappa shape index (κ2) is 7.73. The molecule has 0 unspecified atom stereocenters. The van der Waals surface area contributed by atoms with Crippen LogP contribution in [0.25, 0.3) is 0 Å². The first-order valence-corrected chi connectivity index (χ1v) is 7.88. The van der Waals surface area contributed by atoms with E-state index in [-0.39, 0.29) is 6.03 Å². The third kappa shape index (κ3) is 4.68. The molecule has 1 saturated heterocycles. The monoisotopic (exact) mass is 268 g/mol. The van der Waals surface area contributed by atoms with Crippen molar-refractivity contribution in [3.63, 3.8) is 0 Å². The molecule has 19 heavy (non-hydrogen) atoms. The molecule has 0 aromatic carbocycles. The fourth-order valence-electron chi connectivity index (χ4n) is 3.16. The summed E-state index contributed by atoms with van der Waals surface area (Å²) in [5, 5.41) is 3.24. The van der Waals surface area contributed by atoms with Gasteiger partial charge in [-0.2, -0.15) is 0 Å². The van der Waals surface area contributed by atoms with E-state index in [9.17, 15) is 4.79 Å². The van der Waals surface area contributed by atoms with Crippen molar-refractivity contribution in [1.82, 2.24) is 10.2 Å². The van der Waals surface area contributed by atoms with Crippen LogP contribution in [-0.4, -0.2) is 43.3 Å². The summed E-state index contributed by atoms with van der Waals surface area (Å²) in [5.41, 5.74) is 0. The zero-order valence-electron chi connectivity index (χ0n) is 12.2. The summed E-state index contributed by atoms with van der Waals surface area (Å²) in [4.78, 5) is 14.2. The SMILES string of the molecule is COC1CCN(C(=O)NC2CCCCCCC2)CC1. The molecule has 1 heterocycles. The van der Waals surface area contributed by atoms with Crippen LogP contribution < -0.4 is 5.32 Å². The zero-order valence-corrected chi connectivity index (χ0v) is 12.2. The number of piperidine rings is 1. The van der Waals surface area contributed by atoms with Crippen LogP contribution >= 0.6 is 0 Å². The molecule has 0 spiro atoms. The van der Waals surface area contributed by atoms with E-state index in [1.165, 1.54) is 32.1 Å². The van der Waals surface area contributed by atoms with E-state index < -0.39 is 0 Å². The van der Waals surface area contributed by atoms with Gasteiger partial charge in [-0.1, -0.05) is 32.1 Å². The van der Waals surface area contributed by atoms with Crippen molar-refractivity contribution in [3.8, 4) is 0 Å². The predicted octanol–water partition coefficient (Wildman–Crippen LogP) is 2.92. The van der Waals surface area contributed by atoms with Crippen LogP contribution in [0.5, 0.6) is 0 Å². The first-order chi connectivity index (χ1) is 9.29. The van der Waals surface area contributed by atoms with E-state index in [4.69, 9.17) is 4.74 Å². The van der Waals surface area contributed by atoms with Gasteiger partial charge in [-0.05, 0) is 25.7 Å². The van der Waals surface area contributed by atoms with Crippen LogP contribution in [0.4, 0.5) is 4.79 Å². The summed E-state index contributed by atoms with van der Waals surface area (Å²) >= 11 is 0. The lowest BCUT2D eigenvalue weighted by atomic mass is 9.97. The highest BCUT2D eigenvalue weighted by molar-refractivity contribution is 5.74. The third-order valence-electron chi connectivity index (χ3n) is 4.50. The van der Waals surface area contributed by atoms with Gasteiger partial charge in [0.1, 0.15) is 0 Å². The number of carbonyl (C=O) groups is 1. The molecule has 0 atom stereocenters. The number of urea groups is 1. The van der Waals surface area contributed by atoms with Crippen molar-refractivity contribution < 1.29 is 9.53 Å². The van der Waals surface area contributed by atoms with Crippen LogP contribution in [0.2, 0.25) is 0 Å². The van der Waals surface area contributed by atoms with E-state index in [1.54, 1.807) is 7.11 Å². The second-order valence-corrected chi connectivity index (χ2v) is 5.91. The molecule has 1 saturated carbocycles. The molecule has 0 aromatic heterocycles. The summed E-state index contributed by atoms with van der Waals surface area (Å²) in [6, 6.07) is 0.535. The molecule has 1 aliphatic carbocycles. The minimum Gasteiger partial charge on any atom is -0.381 e. The number of methoxy groups -OCH3 is 1. The van der Waals surface area contributed by atoms with Gasteiger partial charge in [-0.15, -0.1) is 0 Å². The van der Waals surface area contributed by atoms with Crippen LogP contribution in [0, 0.1) is 0 Å². The summed E-state index contributed by atoms with van der Waals surface area (Å²) in [6.07, 6.45) is 11.1. The van der Waals surface area contributed by atoms with Gasteiger partial charge in [0.2, 0.25) is 0 Å².